The topological polar surface area (TPSA) is 15.3 Å². The van der Waals surface area contributed by atoms with Crippen molar-refractivity contribution >= 4 is 0 Å². The predicted molar refractivity (Wildman–Crippen MR) is 92.0 cm³/mol. The minimum atomic E-state index is 0. The highest BCUT2D eigenvalue weighted by Gasteiger charge is 2.06. The number of hydrogen-bond donors (Lipinski definition) is 1. The molecule has 0 bridgehead atoms. The van der Waals surface area contributed by atoms with Crippen LogP contribution in [0.25, 0.3) is 0 Å². The van der Waals surface area contributed by atoms with Gasteiger partial charge in [-0.05, 0) is 24.3 Å². The van der Waals surface area contributed by atoms with Crippen LogP contribution in [0, 0.1) is 11.3 Å². The summed E-state index contributed by atoms with van der Waals surface area (Å²) in [4.78, 5) is 2.51. The first kappa shape index (κ1) is 24.0. The Kier molecular flexibility index (Phi) is 18.1. The van der Waals surface area contributed by atoms with Crippen molar-refractivity contribution in [2.75, 3.05) is 32.7 Å². The van der Waals surface area contributed by atoms with Crippen molar-refractivity contribution in [3.8, 4) is 0 Å². The van der Waals surface area contributed by atoms with Gasteiger partial charge in [-0.25, -0.2) is 0 Å². The van der Waals surface area contributed by atoms with Crippen LogP contribution in [0.15, 0.2) is 0 Å². The summed E-state index contributed by atoms with van der Waals surface area (Å²) in [6.07, 6.45) is 1.29. The normalized spacial score (nSPS) is 15.6. The maximum atomic E-state index is 3.33. The molecule has 0 radical (unpaired) electrons. The van der Waals surface area contributed by atoms with Gasteiger partial charge in [-0.15, -0.1) is 0 Å². The lowest BCUT2D eigenvalue weighted by Gasteiger charge is -2.26. The van der Waals surface area contributed by atoms with Crippen LogP contribution in [0.4, 0.5) is 0 Å². The number of nitrogens with zero attached hydrogens (tertiary/aromatic N) is 1. The summed E-state index contributed by atoms with van der Waals surface area (Å²) in [7, 11) is 0. The zero-order valence-electron chi connectivity index (χ0n) is 14.3. The largest absolute Gasteiger partial charge is 0.314 e. The van der Waals surface area contributed by atoms with Gasteiger partial charge in [0.1, 0.15) is 0 Å². The van der Waals surface area contributed by atoms with Crippen molar-refractivity contribution in [3.05, 3.63) is 0 Å². The van der Waals surface area contributed by atoms with Gasteiger partial charge in [0, 0.05) is 26.2 Å². The quantitative estimate of drug-likeness (QED) is 0.788. The molecule has 0 unspecified atom stereocenters. The first-order valence-electron chi connectivity index (χ1n) is 7.59. The van der Waals surface area contributed by atoms with E-state index in [1.807, 2.05) is 0 Å². The second kappa shape index (κ2) is 14.3. The van der Waals surface area contributed by atoms with Crippen LogP contribution in [0.3, 0.4) is 0 Å². The molecule has 2 nitrogen and oxygen atoms in total. The van der Waals surface area contributed by atoms with Gasteiger partial charge in [-0.3, -0.25) is 0 Å². The molecule has 1 aliphatic heterocycles. The minimum Gasteiger partial charge on any atom is -0.314 e. The fraction of sp³-hybridized carbons (Fsp3) is 1.00. The minimum absolute atomic E-state index is 0. The Morgan fingerprint density at radius 2 is 1.32 bits per heavy atom. The van der Waals surface area contributed by atoms with E-state index in [9.17, 15) is 0 Å². The molecule has 0 aromatic rings. The molecule has 120 valence electrons. The lowest BCUT2D eigenvalue weighted by molar-refractivity contribution is 0.241. The van der Waals surface area contributed by atoms with Crippen molar-refractivity contribution in [1.29, 1.82) is 0 Å². The second-order valence-electron chi connectivity index (χ2n) is 7.32. The summed E-state index contributed by atoms with van der Waals surface area (Å²) in [5.74, 6) is 0.833. The third-order valence-corrected chi connectivity index (χ3v) is 1.75. The average Bonchev–Trinajstić information content (AvgIpc) is 2.16. The third-order valence-electron chi connectivity index (χ3n) is 1.75. The molecular weight excluding hydrogens is 232 g/mol. The SMILES string of the molecule is C.CC(C)(C)C.CC(C)C.CCCN1CCNCC1. The van der Waals surface area contributed by atoms with E-state index in [-0.39, 0.29) is 7.43 Å². The molecule has 0 amide bonds. The molecular formula is C17H42N2. The maximum Gasteiger partial charge on any atom is 0.0107 e. The molecule has 1 saturated heterocycles. The molecule has 1 fully saturated rings. The Bertz CT molecular complexity index is 142. The molecule has 1 heterocycles. The van der Waals surface area contributed by atoms with E-state index in [1.54, 1.807) is 0 Å². The van der Waals surface area contributed by atoms with Crippen molar-refractivity contribution < 1.29 is 0 Å². The fourth-order valence-electron chi connectivity index (χ4n) is 1.25. The van der Waals surface area contributed by atoms with E-state index >= 15 is 0 Å². The van der Waals surface area contributed by atoms with E-state index in [1.165, 1.54) is 39.1 Å². The molecule has 1 N–H and O–H groups in total. The predicted octanol–water partition coefficient (Wildman–Crippen LogP) is 4.65. The summed E-state index contributed by atoms with van der Waals surface area (Å²) in [6, 6.07) is 0. The third kappa shape index (κ3) is 38.1. The molecule has 2 heteroatoms. The van der Waals surface area contributed by atoms with Crippen LogP contribution in [0.1, 0.15) is 69.2 Å². The van der Waals surface area contributed by atoms with Gasteiger partial charge in [0.25, 0.3) is 0 Å². The van der Waals surface area contributed by atoms with Crippen LogP contribution < -0.4 is 5.32 Å². The summed E-state index contributed by atoms with van der Waals surface area (Å²) in [5.41, 5.74) is 0.500. The van der Waals surface area contributed by atoms with E-state index < -0.39 is 0 Å². The lowest BCUT2D eigenvalue weighted by atomic mass is 10.0. The van der Waals surface area contributed by atoms with Gasteiger partial charge in [0.2, 0.25) is 0 Å². The molecule has 0 aromatic heterocycles. The Morgan fingerprint density at radius 3 is 1.58 bits per heavy atom. The molecule has 19 heavy (non-hydrogen) atoms. The van der Waals surface area contributed by atoms with Gasteiger partial charge in [-0.1, -0.05) is 62.8 Å². The highest BCUT2D eigenvalue weighted by atomic mass is 15.2. The number of piperazine rings is 1. The van der Waals surface area contributed by atoms with Crippen LogP contribution in [0.2, 0.25) is 0 Å². The summed E-state index contributed by atoms with van der Waals surface area (Å²) in [6.45, 7) is 23.6. The van der Waals surface area contributed by atoms with E-state index in [0.29, 0.717) is 5.41 Å². The number of rotatable bonds is 2. The molecule has 0 atom stereocenters. The van der Waals surface area contributed by atoms with Crippen LogP contribution in [-0.4, -0.2) is 37.6 Å². The van der Waals surface area contributed by atoms with Gasteiger partial charge < -0.3 is 10.2 Å². The van der Waals surface area contributed by atoms with Gasteiger partial charge >= 0.3 is 0 Å². The zero-order chi connectivity index (χ0) is 14.6. The maximum absolute atomic E-state index is 3.33. The van der Waals surface area contributed by atoms with Gasteiger partial charge in [-0.2, -0.15) is 0 Å². The van der Waals surface area contributed by atoms with Crippen LogP contribution in [0.5, 0.6) is 0 Å². The first-order valence-corrected chi connectivity index (χ1v) is 7.59. The van der Waals surface area contributed by atoms with Crippen molar-refractivity contribution in [3.63, 3.8) is 0 Å². The highest BCUT2D eigenvalue weighted by molar-refractivity contribution is 4.66. The van der Waals surface area contributed by atoms with Gasteiger partial charge in [0.05, 0.1) is 0 Å². The Balaban J connectivity index is -0.000000222. The van der Waals surface area contributed by atoms with Crippen molar-refractivity contribution in [1.82, 2.24) is 10.2 Å². The number of nitrogens with one attached hydrogen (secondary N) is 1. The second-order valence-corrected chi connectivity index (χ2v) is 7.32. The zero-order valence-corrected chi connectivity index (χ0v) is 14.3. The molecule has 0 aliphatic carbocycles. The first-order chi connectivity index (χ1) is 8.16. The smallest absolute Gasteiger partial charge is 0.0107 e. The van der Waals surface area contributed by atoms with E-state index in [2.05, 4.69) is 65.6 Å². The summed E-state index contributed by atoms with van der Waals surface area (Å²) >= 11 is 0. The van der Waals surface area contributed by atoms with Crippen molar-refractivity contribution in [2.24, 2.45) is 11.3 Å². The molecule has 0 saturated carbocycles. The Morgan fingerprint density at radius 1 is 1.00 bits per heavy atom. The fourth-order valence-corrected chi connectivity index (χ4v) is 1.25. The molecule has 0 aromatic carbocycles. The summed E-state index contributed by atoms with van der Waals surface area (Å²) in [5, 5.41) is 3.33. The Hall–Kier alpha value is -0.0800. The standard InChI is InChI=1S/C7H16N2.C5H12.C4H10.CH4/c1-2-5-9-6-3-8-4-7-9;1-5(2,3)4;1-4(2)3;/h8H,2-7H2,1H3;1-4H3;4H,1-3H3;1H4. The Labute approximate surface area is 124 Å². The summed E-state index contributed by atoms with van der Waals surface area (Å²) < 4.78 is 0. The number of hydrogen-bond acceptors (Lipinski definition) is 2. The average molecular weight is 275 g/mol. The lowest BCUT2D eigenvalue weighted by Crippen LogP contribution is -2.43. The molecule has 1 rings (SSSR count). The van der Waals surface area contributed by atoms with Gasteiger partial charge in [0.15, 0.2) is 0 Å². The van der Waals surface area contributed by atoms with Crippen molar-refractivity contribution in [2.45, 2.75) is 69.2 Å². The van der Waals surface area contributed by atoms with E-state index in [4.69, 9.17) is 0 Å². The van der Waals surface area contributed by atoms with E-state index in [0.717, 1.165) is 5.92 Å². The monoisotopic (exact) mass is 274 g/mol. The van der Waals surface area contributed by atoms with Crippen LogP contribution >= 0.6 is 0 Å². The highest BCUT2D eigenvalue weighted by Crippen LogP contribution is 2.08. The van der Waals surface area contributed by atoms with Crippen LogP contribution in [-0.2, 0) is 0 Å². The molecule has 1 aliphatic rings. The molecule has 0 spiro atoms.